The van der Waals surface area contributed by atoms with Crippen LogP contribution in [0, 0.1) is 13.8 Å². The zero-order valence-electron chi connectivity index (χ0n) is 8.11. The molecule has 0 fully saturated rings. The fraction of sp³-hybridized carbons (Fsp3) is 0.200. The summed E-state index contributed by atoms with van der Waals surface area (Å²) >= 11 is 1.58. The molecule has 2 aromatic heterocycles. The third kappa shape index (κ3) is 1.61. The normalized spacial score (nSPS) is 10.4. The van der Waals surface area contributed by atoms with Gasteiger partial charge in [-0.3, -0.25) is 4.98 Å². The molecule has 72 valence electrons. The second kappa shape index (κ2) is 3.38. The molecule has 2 N–H and O–H groups in total. The molecule has 0 aliphatic carbocycles. The second-order valence-electron chi connectivity index (χ2n) is 3.18. The van der Waals surface area contributed by atoms with Crippen LogP contribution in [0.5, 0.6) is 0 Å². The molecular weight excluding hydrogens is 194 g/mol. The summed E-state index contributed by atoms with van der Waals surface area (Å²) in [5.74, 6) is 0.605. The van der Waals surface area contributed by atoms with Crippen LogP contribution in [0.2, 0.25) is 0 Å². The van der Waals surface area contributed by atoms with Crippen molar-refractivity contribution in [1.29, 1.82) is 0 Å². The van der Waals surface area contributed by atoms with Crippen LogP contribution < -0.4 is 5.73 Å². The summed E-state index contributed by atoms with van der Waals surface area (Å²) in [4.78, 5) is 9.56. The van der Waals surface area contributed by atoms with Gasteiger partial charge in [-0.1, -0.05) is 0 Å². The minimum Gasteiger partial charge on any atom is -0.383 e. The van der Waals surface area contributed by atoms with Gasteiger partial charge in [0.1, 0.15) is 10.8 Å². The molecule has 2 heterocycles. The van der Waals surface area contributed by atoms with E-state index in [0.29, 0.717) is 5.82 Å². The van der Waals surface area contributed by atoms with Crippen LogP contribution in [-0.4, -0.2) is 9.97 Å². The first-order valence-corrected chi connectivity index (χ1v) is 5.14. The molecule has 14 heavy (non-hydrogen) atoms. The van der Waals surface area contributed by atoms with Crippen molar-refractivity contribution >= 4 is 17.2 Å². The Morgan fingerprint density at radius 1 is 1.36 bits per heavy atom. The van der Waals surface area contributed by atoms with E-state index in [-0.39, 0.29) is 0 Å². The van der Waals surface area contributed by atoms with Gasteiger partial charge in [0.2, 0.25) is 0 Å². The van der Waals surface area contributed by atoms with Crippen molar-refractivity contribution in [3.05, 3.63) is 28.8 Å². The standard InChI is InChI=1S/C10H11N3S/c1-6-3-4-12-8(5-6)10-13-9(11)7(2)14-10/h3-5H,11H2,1-2H3. The molecule has 0 aliphatic rings. The number of rotatable bonds is 1. The predicted octanol–water partition coefficient (Wildman–Crippen LogP) is 2.40. The molecule has 0 radical (unpaired) electrons. The molecule has 4 heteroatoms. The molecular formula is C10H11N3S. The van der Waals surface area contributed by atoms with E-state index in [9.17, 15) is 0 Å². The minimum absolute atomic E-state index is 0.605. The van der Waals surface area contributed by atoms with Crippen LogP contribution in [0.3, 0.4) is 0 Å². The Morgan fingerprint density at radius 3 is 2.71 bits per heavy atom. The Hall–Kier alpha value is -1.42. The lowest BCUT2D eigenvalue weighted by molar-refractivity contribution is 1.26. The highest BCUT2D eigenvalue weighted by molar-refractivity contribution is 7.15. The lowest BCUT2D eigenvalue weighted by Crippen LogP contribution is -1.87. The molecule has 0 amide bonds. The van der Waals surface area contributed by atoms with Crippen LogP contribution in [0.25, 0.3) is 10.7 Å². The third-order valence-electron chi connectivity index (χ3n) is 1.97. The average Bonchev–Trinajstić information content (AvgIpc) is 2.47. The number of aromatic nitrogens is 2. The summed E-state index contributed by atoms with van der Waals surface area (Å²) in [6, 6.07) is 3.98. The van der Waals surface area contributed by atoms with Crippen molar-refractivity contribution < 1.29 is 0 Å². The highest BCUT2D eigenvalue weighted by Crippen LogP contribution is 2.27. The van der Waals surface area contributed by atoms with Gasteiger partial charge in [0.05, 0.1) is 5.69 Å². The molecule has 0 saturated heterocycles. The number of nitrogens with two attached hydrogens (primary N) is 1. The number of thiazole rings is 1. The largest absolute Gasteiger partial charge is 0.383 e. The summed E-state index contributed by atoms with van der Waals surface area (Å²) in [6.45, 7) is 4.00. The molecule has 0 bridgehead atoms. The molecule has 0 saturated carbocycles. The Bertz CT molecular complexity index is 443. The quantitative estimate of drug-likeness (QED) is 0.777. The highest BCUT2D eigenvalue weighted by atomic mass is 32.1. The molecule has 2 aromatic rings. The Morgan fingerprint density at radius 2 is 2.14 bits per heavy atom. The van der Waals surface area contributed by atoms with Crippen LogP contribution in [-0.2, 0) is 0 Å². The summed E-state index contributed by atoms with van der Waals surface area (Å²) in [6.07, 6.45) is 1.79. The van der Waals surface area contributed by atoms with Crippen LogP contribution in [0.4, 0.5) is 5.82 Å². The highest BCUT2D eigenvalue weighted by Gasteiger charge is 2.07. The zero-order valence-corrected chi connectivity index (χ0v) is 8.93. The Balaban J connectivity index is 2.49. The monoisotopic (exact) mass is 205 g/mol. The molecule has 0 atom stereocenters. The Kier molecular flexibility index (Phi) is 2.21. The third-order valence-corrected chi connectivity index (χ3v) is 2.98. The lowest BCUT2D eigenvalue weighted by Gasteiger charge is -1.95. The first kappa shape index (κ1) is 9.15. The first-order chi connectivity index (χ1) is 6.66. The van der Waals surface area contributed by atoms with Crippen LogP contribution >= 0.6 is 11.3 Å². The van der Waals surface area contributed by atoms with Crippen molar-refractivity contribution in [1.82, 2.24) is 9.97 Å². The van der Waals surface area contributed by atoms with E-state index >= 15 is 0 Å². The van der Waals surface area contributed by atoms with E-state index in [4.69, 9.17) is 5.73 Å². The molecule has 2 rings (SSSR count). The zero-order chi connectivity index (χ0) is 10.1. The van der Waals surface area contributed by atoms with Gasteiger partial charge < -0.3 is 5.73 Å². The maximum Gasteiger partial charge on any atom is 0.144 e. The van der Waals surface area contributed by atoms with Crippen molar-refractivity contribution in [2.45, 2.75) is 13.8 Å². The second-order valence-corrected chi connectivity index (χ2v) is 4.38. The van der Waals surface area contributed by atoms with Gasteiger partial charge in [-0.25, -0.2) is 4.98 Å². The van der Waals surface area contributed by atoms with Gasteiger partial charge in [-0.05, 0) is 31.5 Å². The minimum atomic E-state index is 0.605. The SMILES string of the molecule is Cc1ccnc(-c2nc(N)c(C)s2)c1. The van der Waals surface area contributed by atoms with Crippen LogP contribution in [0.15, 0.2) is 18.3 Å². The van der Waals surface area contributed by atoms with E-state index in [0.717, 1.165) is 15.6 Å². The summed E-state index contributed by atoms with van der Waals surface area (Å²) in [5, 5.41) is 0.892. The number of anilines is 1. The van der Waals surface area contributed by atoms with Gasteiger partial charge in [0.25, 0.3) is 0 Å². The van der Waals surface area contributed by atoms with Gasteiger partial charge >= 0.3 is 0 Å². The first-order valence-electron chi connectivity index (χ1n) is 4.33. The van der Waals surface area contributed by atoms with Crippen LogP contribution in [0.1, 0.15) is 10.4 Å². The molecule has 0 aromatic carbocycles. The molecule has 0 spiro atoms. The maximum atomic E-state index is 5.69. The smallest absolute Gasteiger partial charge is 0.144 e. The number of hydrogen-bond donors (Lipinski definition) is 1. The number of aryl methyl sites for hydroxylation is 2. The van der Waals surface area contributed by atoms with Gasteiger partial charge in [-0.2, -0.15) is 0 Å². The average molecular weight is 205 g/mol. The van der Waals surface area contributed by atoms with Crippen molar-refractivity contribution in [3.8, 4) is 10.7 Å². The van der Waals surface area contributed by atoms with E-state index in [1.807, 2.05) is 26.0 Å². The van der Waals surface area contributed by atoms with Gasteiger partial charge in [0.15, 0.2) is 0 Å². The summed E-state index contributed by atoms with van der Waals surface area (Å²) in [5.41, 5.74) is 7.77. The van der Waals surface area contributed by atoms with Crippen molar-refractivity contribution in [2.75, 3.05) is 5.73 Å². The molecule has 0 unspecified atom stereocenters. The number of nitrogen functional groups attached to an aromatic ring is 1. The van der Waals surface area contributed by atoms with E-state index < -0.39 is 0 Å². The summed E-state index contributed by atoms with van der Waals surface area (Å²) in [7, 11) is 0. The number of hydrogen-bond acceptors (Lipinski definition) is 4. The van der Waals surface area contributed by atoms with E-state index in [1.165, 1.54) is 5.56 Å². The topological polar surface area (TPSA) is 51.8 Å². The Labute approximate surface area is 86.6 Å². The van der Waals surface area contributed by atoms with Crippen molar-refractivity contribution in [2.24, 2.45) is 0 Å². The maximum absolute atomic E-state index is 5.69. The number of nitrogens with zero attached hydrogens (tertiary/aromatic N) is 2. The fourth-order valence-electron chi connectivity index (χ4n) is 1.17. The van der Waals surface area contributed by atoms with E-state index in [1.54, 1.807) is 17.5 Å². The molecule has 3 nitrogen and oxygen atoms in total. The predicted molar refractivity (Wildman–Crippen MR) is 59.2 cm³/mol. The lowest BCUT2D eigenvalue weighted by atomic mass is 10.2. The number of pyridine rings is 1. The van der Waals surface area contributed by atoms with E-state index in [2.05, 4.69) is 9.97 Å². The fourth-order valence-corrected chi connectivity index (χ4v) is 1.97. The van der Waals surface area contributed by atoms with Gasteiger partial charge in [0, 0.05) is 11.1 Å². The molecule has 0 aliphatic heterocycles. The van der Waals surface area contributed by atoms with Gasteiger partial charge in [-0.15, -0.1) is 11.3 Å². The van der Waals surface area contributed by atoms with Crippen molar-refractivity contribution in [3.63, 3.8) is 0 Å². The summed E-state index contributed by atoms with van der Waals surface area (Å²) < 4.78 is 0.